The van der Waals surface area contributed by atoms with Gasteiger partial charge in [0.25, 0.3) is 17.7 Å². The molecule has 1 heterocycles. The Hall–Kier alpha value is -2.70. The van der Waals surface area contributed by atoms with Gasteiger partial charge in [0.05, 0.1) is 16.7 Å². The van der Waals surface area contributed by atoms with Gasteiger partial charge in [0.1, 0.15) is 0 Å². The van der Waals surface area contributed by atoms with Crippen LogP contribution in [0.4, 0.5) is 0 Å². The summed E-state index contributed by atoms with van der Waals surface area (Å²) in [6, 6.07) is 4.25. The second kappa shape index (κ2) is 7.46. The average Bonchev–Trinajstić information content (AvgIpc) is 2.82. The number of hydrogen-bond acceptors (Lipinski definition) is 5. The number of nitrogens with zero attached hydrogens (tertiary/aromatic N) is 2. The summed E-state index contributed by atoms with van der Waals surface area (Å²) >= 11 is 0. The molecule has 7 nitrogen and oxygen atoms in total. The summed E-state index contributed by atoms with van der Waals surface area (Å²) in [7, 11) is 3.13. The predicted molar refractivity (Wildman–Crippen MR) is 90.3 cm³/mol. The maximum Gasteiger partial charge on any atom is 0.338 e. The molecule has 0 saturated heterocycles. The van der Waals surface area contributed by atoms with Crippen LogP contribution in [-0.4, -0.2) is 60.2 Å². The first-order chi connectivity index (χ1) is 11.8. The molecule has 0 unspecified atom stereocenters. The number of imide groups is 1. The number of rotatable bonds is 6. The summed E-state index contributed by atoms with van der Waals surface area (Å²) in [6.07, 6.45) is 0.655. The van der Waals surface area contributed by atoms with Crippen molar-refractivity contribution in [2.24, 2.45) is 0 Å². The summed E-state index contributed by atoms with van der Waals surface area (Å²) in [4.78, 5) is 51.2. The van der Waals surface area contributed by atoms with E-state index in [9.17, 15) is 19.2 Å². The molecule has 25 heavy (non-hydrogen) atoms. The second-order valence-electron chi connectivity index (χ2n) is 6.16. The number of carbonyl (C=O) groups is 4. The molecule has 0 spiro atoms. The van der Waals surface area contributed by atoms with Gasteiger partial charge in [-0.2, -0.15) is 0 Å². The van der Waals surface area contributed by atoms with Gasteiger partial charge in [0.2, 0.25) is 0 Å². The molecule has 0 bridgehead atoms. The molecular formula is C18H22N2O5. The van der Waals surface area contributed by atoms with Crippen molar-refractivity contribution in [3.8, 4) is 0 Å². The molecule has 0 N–H and O–H groups in total. The number of fused-ring (bicyclic) bond motifs is 1. The van der Waals surface area contributed by atoms with Crippen LogP contribution < -0.4 is 0 Å². The Morgan fingerprint density at radius 3 is 2.40 bits per heavy atom. The predicted octanol–water partition coefficient (Wildman–Crippen LogP) is 1.72. The highest BCUT2D eigenvalue weighted by Gasteiger charge is 2.35. The molecule has 0 fully saturated rings. The molecule has 0 aliphatic carbocycles. The van der Waals surface area contributed by atoms with E-state index >= 15 is 0 Å². The summed E-state index contributed by atoms with van der Waals surface area (Å²) in [6.45, 7) is 3.81. The number of carbonyl (C=O) groups excluding carboxylic acids is 4. The normalized spacial score (nSPS) is 14.3. The third-order valence-electron chi connectivity index (χ3n) is 4.01. The van der Waals surface area contributed by atoms with Gasteiger partial charge in [-0.05, 0) is 31.5 Å². The molecule has 0 radical (unpaired) electrons. The number of likely N-dealkylation sites (N-methyl/N-ethyl adjacent to an activating group) is 1. The Morgan fingerprint density at radius 2 is 1.80 bits per heavy atom. The van der Waals surface area contributed by atoms with Gasteiger partial charge in [0.15, 0.2) is 6.10 Å². The fraction of sp³-hybridized carbons (Fsp3) is 0.444. The Kier molecular flexibility index (Phi) is 5.56. The van der Waals surface area contributed by atoms with Gasteiger partial charge >= 0.3 is 5.97 Å². The molecule has 3 amide bonds. The second-order valence-corrected chi connectivity index (χ2v) is 6.16. The van der Waals surface area contributed by atoms with Crippen LogP contribution in [0, 0.1) is 0 Å². The molecule has 7 heteroatoms. The number of amides is 3. The maximum absolute atomic E-state index is 12.4. The minimum Gasteiger partial charge on any atom is -0.449 e. The number of unbranched alkanes of at least 4 members (excludes halogenated alkanes) is 1. The Labute approximate surface area is 146 Å². The van der Waals surface area contributed by atoms with Crippen molar-refractivity contribution in [3.63, 3.8) is 0 Å². The van der Waals surface area contributed by atoms with Crippen LogP contribution in [0.3, 0.4) is 0 Å². The van der Waals surface area contributed by atoms with Crippen LogP contribution in [0.15, 0.2) is 18.2 Å². The summed E-state index contributed by atoms with van der Waals surface area (Å²) in [5.74, 6) is -1.80. The van der Waals surface area contributed by atoms with Crippen LogP contribution in [0.2, 0.25) is 0 Å². The molecule has 1 aliphatic heterocycles. The fourth-order valence-electron chi connectivity index (χ4n) is 2.58. The quantitative estimate of drug-likeness (QED) is 0.578. The first-order valence-electron chi connectivity index (χ1n) is 8.20. The highest BCUT2D eigenvalue weighted by atomic mass is 16.5. The SMILES string of the molecule is CCCCN1C(=O)c2ccc(C(=O)O[C@H](C)C(=O)N(C)C)cc2C1=O. The lowest BCUT2D eigenvalue weighted by molar-refractivity contribution is -0.137. The minimum atomic E-state index is -0.936. The Morgan fingerprint density at radius 1 is 1.16 bits per heavy atom. The molecule has 134 valence electrons. The Bertz CT molecular complexity index is 726. The van der Waals surface area contributed by atoms with Crippen molar-refractivity contribution in [1.29, 1.82) is 0 Å². The number of benzene rings is 1. The maximum atomic E-state index is 12.4. The van der Waals surface area contributed by atoms with Crippen molar-refractivity contribution in [2.75, 3.05) is 20.6 Å². The first kappa shape index (κ1) is 18.6. The van der Waals surface area contributed by atoms with E-state index in [1.165, 1.54) is 34.9 Å². The van der Waals surface area contributed by atoms with E-state index < -0.39 is 18.0 Å². The van der Waals surface area contributed by atoms with Gasteiger partial charge in [-0.1, -0.05) is 13.3 Å². The van der Waals surface area contributed by atoms with Gasteiger partial charge in [-0.3, -0.25) is 19.3 Å². The fourth-order valence-corrected chi connectivity index (χ4v) is 2.58. The lowest BCUT2D eigenvalue weighted by Gasteiger charge is -2.17. The summed E-state index contributed by atoms with van der Waals surface area (Å²) in [5.41, 5.74) is 0.618. The van der Waals surface area contributed by atoms with Gasteiger partial charge in [-0.15, -0.1) is 0 Å². The molecule has 0 aromatic heterocycles. The highest BCUT2D eigenvalue weighted by molar-refractivity contribution is 6.22. The number of esters is 1. The van der Waals surface area contributed by atoms with Crippen LogP contribution in [-0.2, 0) is 9.53 Å². The monoisotopic (exact) mass is 346 g/mol. The van der Waals surface area contributed by atoms with Crippen molar-refractivity contribution >= 4 is 23.7 Å². The van der Waals surface area contributed by atoms with Crippen LogP contribution in [0.1, 0.15) is 57.8 Å². The van der Waals surface area contributed by atoms with Crippen molar-refractivity contribution < 1.29 is 23.9 Å². The molecule has 0 saturated carbocycles. The largest absolute Gasteiger partial charge is 0.449 e. The minimum absolute atomic E-state index is 0.135. The van der Waals surface area contributed by atoms with Crippen molar-refractivity contribution in [2.45, 2.75) is 32.8 Å². The first-order valence-corrected chi connectivity index (χ1v) is 8.20. The van der Waals surface area contributed by atoms with Gasteiger partial charge in [0, 0.05) is 20.6 Å². The van der Waals surface area contributed by atoms with E-state index in [-0.39, 0.29) is 28.5 Å². The Balaban J connectivity index is 2.18. The van der Waals surface area contributed by atoms with E-state index in [0.717, 1.165) is 12.8 Å². The zero-order valence-corrected chi connectivity index (χ0v) is 14.9. The van der Waals surface area contributed by atoms with Crippen LogP contribution in [0.25, 0.3) is 0 Å². The van der Waals surface area contributed by atoms with E-state index in [0.29, 0.717) is 6.54 Å². The molecule has 1 aromatic carbocycles. The molecule has 2 rings (SSSR count). The van der Waals surface area contributed by atoms with Gasteiger partial charge < -0.3 is 9.64 Å². The zero-order chi connectivity index (χ0) is 18.7. The number of ether oxygens (including phenoxy) is 1. The van der Waals surface area contributed by atoms with E-state index in [1.807, 2.05) is 6.92 Å². The third kappa shape index (κ3) is 3.70. The van der Waals surface area contributed by atoms with Crippen molar-refractivity contribution in [1.82, 2.24) is 9.80 Å². The molecular weight excluding hydrogens is 324 g/mol. The number of hydrogen-bond donors (Lipinski definition) is 0. The molecule has 1 aliphatic rings. The average molecular weight is 346 g/mol. The van der Waals surface area contributed by atoms with Gasteiger partial charge in [-0.25, -0.2) is 4.79 Å². The smallest absolute Gasteiger partial charge is 0.338 e. The highest BCUT2D eigenvalue weighted by Crippen LogP contribution is 2.25. The van der Waals surface area contributed by atoms with E-state index in [1.54, 1.807) is 14.1 Å². The molecule has 1 atom stereocenters. The third-order valence-corrected chi connectivity index (χ3v) is 4.01. The van der Waals surface area contributed by atoms with E-state index in [2.05, 4.69) is 0 Å². The summed E-state index contributed by atoms with van der Waals surface area (Å²) in [5, 5.41) is 0. The van der Waals surface area contributed by atoms with Crippen LogP contribution >= 0.6 is 0 Å². The van der Waals surface area contributed by atoms with Crippen molar-refractivity contribution in [3.05, 3.63) is 34.9 Å². The van der Waals surface area contributed by atoms with Crippen LogP contribution in [0.5, 0.6) is 0 Å². The zero-order valence-electron chi connectivity index (χ0n) is 14.9. The van der Waals surface area contributed by atoms with E-state index in [4.69, 9.17) is 4.74 Å². The lowest BCUT2D eigenvalue weighted by atomic mass is 10.1. The molecule has 1 aromatic rings. The lowest BCUT2D eigenvalue weighted by Crippen LogP contribution is -2.34. The summed E-state index contributed by atoms with van der Waals surface area (Å²) < 4.78 is 5.13. The standard InChI is InChI=1S/C18H22N2O5/c1-5-6-9-20-16(22)13-8-7-12(10-14(13)17(20)23)18(24)25-11(2)15(21)19(3)4/h7-8,10-11H,5-6,9H2,1-4H3/t11-/m1/s1. The topological polar surface area (TPSA) is 84.0 Å².